The standard InChI is InChI=1S/C17H16O5/c1-13(18)20-12-17(19)22-16-9-7-15(8-10-16)21-11-14-5-3-2-4-6-14/h2-10H,11-12H2,1H3. The van der Waals surface area contributed by atoms with E-state index in [9.17, 15) is 9.59 Å². The topological polar surface area (TPSA) is 61.8 Å². The van der Waals surface area contributed by atoms with Crippen LogP contribution in [0, 0.1) is 0 Å². The van der Waals surface area contributed by atoms with E-state index in [2.05, 4.69) is 4.74 Å². The van der Waals surface area contributed by atoms with Crippen molar-refractivity contribution in [1.82, 2.24) is 0 Å². The lowest BCUT2D eigenvalue weighted by atomic mass is 10.2. The predicted octanol–water partition coefficient (Wildman–Crippen LogP) is 2.73. The summed E-state index contributed by atoms with van der Waals surface area (Å²) < 4.78 is 15.2. The highest BCUT2D eigenvalue weighted by Crippen LogP contribution is 2.18. The number of hydrogen-bond donors (Lipinski definition) is 0. The predicted molar refractivity (Wildman–Crippen MR) is 79.5 cm³/mol. The van der Waals surface area contributed by atoms with Crippen LogP contribution >= 0.6 is 0 Å². The molecule has 0 aromatic heterocycles. The molecule has 0 aliphatic heterocycles. The third-order valence-corrected chi connectivity index (χ3v) is 2.70. The lowest BCUT2D eigenvalue weighted by molar-refractivity contribution is -0.152. The van der Waals surface area contributed by atoms with Gasteiger partial charge in [-0.3, -0.25) is 4.79 Å². The number of hydrogen-bond acceptors (Lipinski definition) is 5. The SMILES string of the molecule is CC(=O)OCC(=O)Oc1ccc(OCc2ccccc2)cc1. The fourth-order valence-electron chi connectivity index (χ4n) is 1.67. The van der Waals surface area contributed by atoms with E-state index in [1.165, 1.54) is 6.92 Å². The number of rotatable bonds is 6. The lowest BCUT2D eigenvalue weighted by Crippen LogP contribution is -2.17. The quantitative estimate of drug-likeness (QED) is 0.606. The number of esters is 2. The summed E-state index contributed by atoms with van der Waals surface area (Å²) in [6, 6.07) is 16.4. The first kappa shape index (κ1) is 15.6. The first-order valence-corrected chi connectivity index (χ1v) is 6.74. The zero-order valence-electron chi connectivity index (χ0n) is 12.2. The van der Waals surface area contributed by atoms with Crippen LogP contribution in [0.15, 0.2) is 54.6 Å². The van der Waals surface area contributed by atoms with Crippen molar-refractivity contribution >= 4 is 11.9 Å². The van der Waals surface area contributed by atoms with Gasteiger partial charge < -0.3 is 14.2 Å². The zero-order chi connectivity index (χ0) is 15.8. The monoisotopic (exact) mass is 300 g/mol. The van der Waals surface area contributed by atoms with Crippen molar-refractivity contribution < 1.29 is 23.8 Å². The van der Waals surface area contributed by atoms with E-state index in [0.717, 1.165) is 5.56 Å². The van der Waals surface area contributed by atoms with Crippen LogP contribution in [-0.2, 0) is 20.9 Å². The third-order valence-electron chi connectivity index (χ3n) is 2.70. The molecule has 2 aromatic carbocycles. The van der Waals surface area contributed by atoms with E-state index in [1.54, 1.807) is 24.3 Å². The maximum atomic E-state index is 11.4. The molecule has 0 unspecified atom stereocenters. The zero-order valence-corrected chi connectivity index (χ0v) is 12.2. The second kappa shape index (κ2) is 7.83. The maximum Gasteiger partial charge on any atom is 0.349 e. The van der Waals surface area contributed by atoms with Crippen LogP contribution in [0.2, 0.25) is 0 Å². The molecule has 2 aromatic rings. The van der Waals surface area contributed by atoms with Gasteiger partial charge >= 0.3 is 11.9 Å². The minimum Gasteiger partial charge on any atom is -0.489 e. The number of benzene rings is 2. The molecule has 0 saturated carbocycles. The molecule has 22 heavy (non-hydrogen) atoms. The molecule has 2 rings (SSSR count). The molecule has 5 nitrogen and oxygen atoms in total. The Morgan fingerprint density at radius 1 is 0.909 bits per heavy atom. The molecular weight excluding hydrogens is 284 g/mol. The van der Waals surface area contributed by atoms with Crippen LogP contribution < -0.4 is 9.47 Å². The van der Waals surface area contributed by atoms with E-state index in [0.29, 0.717) is 18.1 Å². The number of ether oxygens (including phenoxy) is 3. The van der Waals surface area contributed by atoms with Gasteiger partial charge in [0.1, 0.15) is 18.1 Å². The van der Waals surface area contributed by atoms with Crippen LogP contribution in [-0.4, -0.2) is 18.5 Å². The molecule has 0 amide bonds. The van der Waals surface area contributed by atoms with Crippen molar-refractivity contribution in [3.05, 3.63) is 60.2 Å². The molecule has 0 atom stereocenters. The fourth-order valence-corrected chi connectivity index (χ4v) is 1.67. The number of carbonyl (C=O) groups is 2. The smallest absolute Gasteiger partial charge is 0.349 e. The van der Waals surface area contributed by atoms with Crippen molar-refractivity contribution in [2.24, 2.45) is 0 Å². The Labute approximate surface area is 128 Å². The Balaban J connectivity index is 1.82. The summed E-state index contributed by atoms with van der Waals surface area (Å²) >= 11 is 0. The highest BCUT2D eigenvalue weighted by Gasteiger charge is 2.07. The molecule has 5 heteroatoms. The van der Waals surface area contributed by atoms with Crippen molar-refractivity contribution in [3.63, 3.8) is 0 Å². The Morgan fingerprint density at radius 3 is 2.18 bits per heavy atom. The minimum absolute atomic E-state index is 0.365. The Kier molecular flexibility index (Phi) is 5.54. The van der Waals surface area contributed by atoms with Gasteiger partial charge in [0.25, 0.3) is 0 Å². The number of carbonyl (C=O) groups excluding carboxylic acids is 2. The molecule has 0 aliphatic rings. The average Bonchev–Trinajstić information content (AvgIpc) is 2.53. The third kappa shape index (κ3) is 5.28. The van der Waals surface area contributed by atoms with E-state index in [1.807, 2.05) is 30.3 Å². The molecule has 0 saturated heterocycles. The van der Waals surface area contributed by atoms with Gasteiger partial charge in [-0.1, -0.05) is 30.3 Å². The van der Waals surface area contributed by atoms with Gasteiger partial charge in [0.05, 0.1) is 0 Å². The van der Waals surface area contributed by atoms with Crippen molar-refractivity contribution in [3.8, 4) is 11.5 Å². The second-order valence-electron chi connectivity index (χ2n) is 4.50. The minimum atomic E-state index is -0.631. The molecule has 0 N–H and O–H groups in total. The van der Waals surface area contributed by atoms with Gasteiger partial charge in [0.2, 0.25) is 0 Å². The first-order chi connectivity index (χ1) is 10.6. The molecule has 0 radical (unpaired) electrons. The highest BCUT2D eigenvalue weighted by atomic mass is 16.6. The Morgan fingerprint density at radius 2 is 1.55 bits per heavy atom. The molecule has 114 valence electrons. The second-order valence-corrected chi connectivity index (χ2v) is 4.50. The highest BCUT2D eigenvalue weighted by molar-refractivity contribution is 5.77. The summed E-state index contributed by atoms with van der Waals surface area (Å²) in [6.45, 7) is 1.29. The molecule has 0 spiro atoms. The van der Waals surface area contributed by atoms with Crippen LogP contribution in [0.5, 0.6) is 11.5 Å². The first-order valence-electron chi connectivity index (χ1n) is 6.74. The van der Waals surface area contributed by atoms with E-state index in [4.69, 9.17) is 9.47 Å². The van der Waals surface area contributed by atoms with Gasteiger partial charge in [-0.15, -0.1) is 0 Å². The Bertz CT molecular complexity index is 619. The fraction of sp³-hybridized carbons (Fsp3) is 0.176. The van der Waals surface area contributed by atoms with Gasteiger partial charge in [0.15, 0.2) is 6.61 Å². The van der Waals surface area contributed by atoms with E-state index >= 15 is 0 Å². The lowest BCUT2D eigenvalue weighted by Gasteiger charge is -2.08. The largest absolute Gasteiger partial charge is 0.489 e. The normalized spacial score (nSPS) is 9.86. The van der Waals surface area contributed by atoms with Crippen LogP contribution in [0.4, 0.5) is 0 Å². The van der Waals surface area contributed by atoms with Gasteiger partial charge in [-0.2, -0.15) is 0 Å². The van der Waals surface area contributed by atoms with Gasteiger partial charge in [-0.25, -0.2) is 4.79 Å². The van der Waals surface area contributed by atoms with Gasteiger partial charge in [0, 0.05) is 6.92 Å². The summed E-state index contributed by atoms with van der Waals surface area (Å²) in [4.78, 5) is 22.0. The van der Waals surface area contributed by atoms with E-state index < -0.39 is 18.5 Å². The molecule has 0 heterocycles. The molecular formula is C17H16O5. The van der Waals surface area contributed by atoms with Crippen molar-refractivity contribution in [2.75, 3.05) is 6.61 Å². The van der Waals surface area contributed by atoms with Crippen molar-refractivity contribution in [2.45, 2.75) is 13.5 Å². The van der Waals surface area contributed by atoms with Crippen LogP contribution in [0.25, 0.3) is 0 Å². The van der Waals surface area contributed by atoms with Crippen molar-refractivity contribution in [1.29, 1.82) is 0 Å². The Hall–Kier alpha value is -2.82. The molecule has 0 bridgehead atoms. The molecule has 0 aliphatic carbocycles. The summed E-state index contributed by atoms with van der Waals surface area (Å²) in [5.41, 5.74) is 1.07. The van der Waals surface area contributed by atoms with Crippen LogP contribution in [0.1, 0.15) is 12.5 Å². The van der Waals surface area contributed by atoms with E-state index in [-0.39, 0.29) is 0 Å². The molecule has 0 fully saturated rings. The maximum absolute atomic E-state index is 11.4. The van der Waals surface area contributed by atoms with Crippen LogP contribution in [0.3, 0.4) is 0 Å². The average molecular weight is 300 g/mol. The van der Waals surface area contributed by atoms with Gasteiger partial charge in [-0.05, 0) is 29.8 Å². The summed E-state index contributed by atoms with van der Waals surface area (Å²) in [6.07, 6.45) is 0. The summed E-state index contributed by atoms with van der Waals surface area (Å²) in [5.74, 6) is -0.123. The summed E-state index contributed by atoms with van der Waals surface area (Å²) in [7, 11) is 0. The summed E-state index contributed by atoms with van der Waals surface area (Å²) in [5, 5.41) is 0.